The molecule has 0 aliphatic carbocycles. The lowest BCUT2D eigenvalue weighted by molar-refractivity contribution is -0.324. The van der Waals surface area contributed by atoms with Crippen molar-refractivity contribution in [2.75, 3.05) is 32.8 Å². The van der Waals surface area contributed by atoms with Gasteiger partial charge in [0, 0.05) is 25.7 Å². The molecule has 0 aromatic heterocycles. The minimum absolute atomic E-state index is 0.261. The van der Waals surface area contributed by atoms with Crippen molar-refractivity contribution in [1.29, 1.82) is 0 Å². The fourth-order valence-corrected chi connectivity index (χ4v) is 2.41. The molecule has 0 aromatic rings. The van der Waals surface area contributed by atoms with Crippen molar-refractivity contribution in [3.8, 4) is 0 Å². The molecule has 0 radical (unpaired) electrons. The third kappa shape index (κ3) is 3.06. The monoisotopic (exact) mass is 224 g/mol. The van der Waals surface area contributed by atoms with Crippen molar-refractivity contribution >= 4 is 0 Å². The van der Waals surface area contributed by atoms with Crippen molar-refractivity contribution in [3.05, 3.63) is 0 Å². The van der Waals surface area contributed by atoms with Crippen molar-refractivity contribution in [1.82, 2.24) is 10.2 Å². The van der Waals surface area contributed by atoms with Crippen LogP contribution in [0, 0.1) is 5.92 Å². The second kappa shape index (κ2) is 4.27. The zero-order valence-electron chi connectivity index (χ0n) is 8.39. The summed E-state index contributed by atoms with van der Waals surface area (Å²) in [6, 6.07) is 0.482. The molecule has 0 unspecified atom stereocenters. The van der Waals surface area contributed by atoms with Crippen LogP contribution >= 0.6 is 0 Å². The van der Waals surface area contributed by atoms with Crippen LogP contribution in [-0.2, 0) is 4.74 Å². The summed E-state index contributed by atoms with van der Waals surface area (Å²) in [4.78, 5) is 2.03. The molecular weight excluding hydrogens is 209 g/mol. The molecule has 2 fully saturated rings. The van der Waals surface area contributed by atoms with Gasteiger partial charge in [0.25, 0.3) is 0 Å². The van der Waals surface area contributed by atoms with Crippen LogP contribution in [0.2, 0.25) is 0 Å². The predicted octanol–water partition coefficient (Wildman–Crippen LogP) is 0.816. The van der Waals surface area contributed by atoms with Crippen molar-refractivity contribution < 1.29 is 17.9 Å². The van der Waals surface area contributed by atoms with Crippen molar-refractivity contribution in [2.24, 2.45) is 5.92 Å². The topological polar surface area (TPSA) is 24.5 Å². The number of nitrogens with one attached hydrogen (secondary N) is 1. The highest BCUT2D eigenvalue weighted by molar-refractivity contribution is 4.93. The molecule has 2 atom stereocenters. The van der Waals surface area contributed by atoms with Gasteiger partial charge in [-0.05, 0) is 18.9 Å². The van der Waals surface area contributed by atoms with E-state index in [0.29, 0.717) is 18.5 Å². The van der Waals surface area contributed by atoms with Crippen LogP contribution in [-0.4, -0.2) is 50.1 Å². The van der Waals surface area contributed by atoms with Crippen LogP contribution in [0.5, 0.6) is 0 Å². The number of rotatable bonds is 3. The summed E-state index contributed by atoms with van der Waals surface area (Å²) >= 11 is 0. The zero-order valence-corrected chi connectivity index (χ0v) is 8.39. The van der Waals surface area contributed by atoms with E-state index in [1.165, 1.54) is 0 Å². The van der Waals surface area contributed by atoms with Crippen LogP contribution in [0.1, 0.15) is 6.42 Å². The highest BCUT2D eigenvalue weighted by Gasteiger charge is 2.36. The first-order valence-corrected chi connectivity index (χ1v) is 5.21. The van der Waals surface area contributed by atoms with Gasteiger partial charge in [0.05, 0.1) is 6.61 Å². The summed E-state index contributed by atoms with van der Waals surface area (Å²) in [5, 5.41) is 3.35. The van der Waals surface area contributed by atoms with Gasteiger partial charge < -0.3 is 5.32 Å². The van der Waals surface area contributed by atoms with E-state index in [1.807, 2.05) is 4.90 Å². The lowest BCUT2D eigenvalue weighted by atomic mass is 10.1. The van der Waals surface area contributed by atoms with E-state index in [1.54, 1.807) is 0 Å². The third-order valence-electron chi connectivity index (χ3n) is 3.11. The normalized spacial score (nSPS) is 32.2. The maximum Gasteiger partial charge on any atom is 0.522 e. The predicted molar refractivity (Wildman–Crippen MR) is 48.3 cm³/mol. The highest BCUT2D eigenvalue weighted by atomic mass is 19.4. The largest absolute Gasteiger partial charge is 0.522 e. The van der Waals surface area contributed by atoms with Gasteiger partial charge in [-0.2, -0.15) is 0 Å². The van der Waals surface area contributed by atoms with Gasteiger partial charge in [0.2, 0.25) is 0 Å². The number of likely N-dealkylation sites (tertiary alicyclic amines) is 1. The van der Waals surface area contributed by atoms with Gasteiger partial charge in [0.15, 0.2) is 0 Å². The molecule has 2 rings (SSSR count). The van der Waals surface area contributed by atoms with Gasteiger partial charge in [-0.3, -0.25) is 9.64 Å². The molecule has 1 N–H and O–H groups in total. The quantitative estimate of drug-likeness (QED) is 0.768. The Morgan fingerprint density at radius 3 is 2.80 bits per heavy atom. The average molecular weight is 224 g/mol. The Labute approximate surface area is 86.6 Å². The average Bonchev–Trinajstić information content (AvgIpc) is 2.60. The number of halogens is 3. The minimum Gasteiger partial charge on any atom is -0.312 e. The summed E-state index contributed by atoms with van der Waals surface area (Å²) in [5.74, 6) is 0.621. The number of fused-ring (bicyclic) bond motifs is 1. The maximum atomic E-state index is 11.7. The zero-order chi connectivity index (χ0) is 10.9. The van der Waals surface area contributed by atoms with E-state index in [2.05, 4.69) is 10.1 Å². The van der Waals surface area contributed by atoms with E-state index >= 15 is 0 Å². The number of hydrogen-bond donors (Lipinski definition) is 1. The first-order valence-electron chi connectivity index (χ1n) is 5.21. The Hall–Kier alpha value is -0.330. The molecule has 15 heavy (non-hydrogen) atoms. The number of ether oxygens (including phenoxy) is 1. The summed E-state index contributed by atoms with van der Waals surface area (Å²) in [6.07, 6.45) is -3.35. The summed E-state index contributed by atoms with van der Waals surface area (Å²) in [7, 11) is 0. The first-order chi connectivity index (χ1) is 7.04. The maximum absolute atomic E-state index is 11.7. The lowest BCUT2D eigenvalue weighted by Crippen LogP contribution is -2.32. The van der Waals surface area contributed by atoms with Crippen LogP contribution in [0.4, 0.5) is 13.2 Å². The molecular formula is C9H15F3N2O. The van der Waals surface area contributed by atoms with Gasteiger partial charge in [0.1, 0.15) is 0 Å². The highest BCUT2D eigenvalue weighted by Crippen LogP contribution is 2.24. The molecule has 2 heterocycles. The standard InChI is InChI=1S/C9H15F3N2O/c10-9(11,12)15-4-3-14-5-7-1-2-13-8(7)6-14/h7-8,13H,1-6H2/t7-,8+/m0/s1. The van der Waals surface area contributed by atoms with Gasteiger partial charge in [-0.1, -0.05) is 0 Å². The second-order valence-corrected chi connectivity index (χ2v) is 4.16. The molecule has 6 heteroatoms. The summed E-state index contributed by atoms with van der Waals surface area (Å²) in [5.41, 5.74) is 0. The SMILES string of the molecule is FC(F)(F)OCCN1C[C@@H]2CCN[C@@H]2C1. The van der Waals surface area contributed by atoms with Gasteiger partial charge in [-0.15, -0.1) is 13.2 Å². The van der Waals surface area contributed by atoms with Crippen LogP contribution in [0.3, 0.4) is 0 Å². The molecule has 0 saturated carbocycles. The Kier molecular flexibility index (Phi) is 3.18. The molecule has 2 aliphatic heterocycles. The van der Waals surface area contributed by atoms with Crippen LogP contribution < -0.4 is 5.32 Å². The smallest absolute Gasteiger partial charge is 0.312 e. The van der Waals surface area contributed by atoms with Crippen LogP contribution in [0.25, 0.3) is 0 Å². The molecule has 88 valence electrons. The summed E-state index contributed by atoms with van der Waals surface area (Å²) in [6.45, 7) is 2.91. The molecule has 2 saturated heterocycles. The van der Waals surface area contributed by atoms with Crippen LogP contribution in [0.15, 0.2) is 0 Å². The van der Waals surface area contributed by atoms with Gasteiger partial charge >= 0.3 is 6.36 Å². The van der Waals surface area contributed by atoms with Crippen molar-refractivity contribution in [2.45, 2.75) is 18.8 Å². The Morgan fingerprint density at radius 2 is 2.13 bits per heavy atom. The third-order valence-corrected chi connectivity index (χ3v) is 3.11. The van der Waals surface area contributed by atoms with Crippen molar-refractivity contribution in [3.63, 3.8) is 0 Å². The molecule has 0 amide bonds. The number of alkyl halides is 3. The van der Waals surface area contributed by atoms with E-state index < -0.39 is 6.36 Å². The minimum atomic E-state index is -4.49. The number of hydrogen-bond acceptors (Lipinski definition) is 3. The first kappa shape index (κ1) is 11.2. The second-order valence-electron chi connectivity index (χ2n) is 4.16. The molecule has 2 aliphatic rings. The summed E-state index contributed by atoms with van der Waals surface area (Å²) < 4.78 is 38.9. The van der Waals surface area contributed by atoms with E-state index in [9.17, 15) is 13.2 Å². The van der Waals surface area contributed by atoms with E-state index in [-0.39, 0.29) is 6.61 Å². The molecule has 0 aromatic carbocycles. The Bertz CT molecular complexity index is 210. The fraction of sp³-hybridized carbons (Fsp3) is 1.00. The van der Waals surface area contributed by atoms with E-state index in [0.717, 1.165) is 26.1 Å². The Balaban J connectivity index is 1.65. The Morgan fingerprint density at radius 1 is 1.33 bits per heavy atom. The fourth-order valence-electron chi connectivity index (χ4n) is 2.41. The molecule has 0 spiro atoms. The molecule has 0 bridgehead atoms. The van der Waals surface area contributed by atoms with E-state index in [4.69, 9.17) is 0 Å². The number of nitrogens with zero attached hydrogens (tertiary/aromatic N) is 1. The molecule has 3 nitrogen and oxygen atoms in total. The lowest BCUT2D eigenvalue weighted by Gasteiger charge is -2.17. The van der Waals surface area contributed by atoms with Gasteiger partial charge in [-0.25, -0.2) is 0 Å².